The lowest BCUT2D eigenvalue weighted by molar-refractivity contribution is 0.566. The van der Waals surface area contributed by atoms with Crippen LogP contribution in [-0.4, -0.2) is 13.4 Å². The number of aromatic nitrogens is 1. The molecular formula is C12H14BrN3O2S2. The SMILES string of the molecule is CC(NS(=O)(=O)c1cc(CN)sc1Br)c1cccnc1. The van der Waals surface area contributed by atoms with Gasteiger partial charge in [-0.15, -0.1) is 11.3 Å². The Kier molecular flexibility index (Phi) is 4.92. The van der Waals surface area contributed by atoms with Gasteiger partial charge in [0.2, 0.25) is 10.0 Å². The molecule has 0 aliphatic rings. The van der Waals surface area contributed by atoms with Gasteiger partial charge >= 0.3 is 0 Å². The number of halogens is 1. The van der Waals surface area contributed by atoms with Gasteiger partial charge in [-0.25, -0.2) is 13.1 Å². The summed E-state index contributed by atoms with van der Waals surface area (Å²) in [6.45, 7) is 2.09. The summed E-state index contributed by atoms with van der Waals surface area (Å²) < 4.78 is 27.9. The van der Waals surface area contributed by atoms with Crippen molar-refractivity contribution in [3.63, 3.8) is 0 Å². The fourth-order valence-corrected chi connectivity index (χ4v) is 5.47. The molecule has 1 atom stereocenters. The topological polar surface area (TPSA) is 85.1 Å². The van der Waals surface area contributed by atoms with Crippen LogP contribution in [0.1, 0.15) is 23.4 Å². The van der Waals surface area contributed by atoms with Crippen molar-refractivity contribution in [2.75, 3.05) is 0 Å². The van der Waals surface area contributed by atoms with Crippen LogP contribution in [0.4, 0.5) is 0 Å². The Hall–Kier alpha value is -0.800. The van der Waals surface area contributed by atoms with Gasteiger partial charge in [-0.05, 0) is 40.5 Å². The van der Waals surface area contributed by atoms with E-state index in [4.69, 9.17) is 5.73 Å². The summed E-state index contributed by atoms with van der Waals surface area (Å²) in [7, 11) is -3.60. The minimum atomic E-state index is -3.60. The Morgan fingerprint density at radius 1 is 1.55 bits per heavy atom. The Balaban J connectivity index is 2.25. The predicted octanol–water partition coefficient (Wildman–Crippen LogP) is 2.40. The third-order valence-electron chi connectivity index (χ3n) is 2.71. The first-order chi connectivity index (χ1) is 9.44. The van der Waals surface area contributed by atoms with Crippen LogP contribution in [-0.2, 0) is 16.6 Å². The van der Waals surface area contributed by atoms with Crippen LogP contribution in [0, 0.1) is 0 Å². The maximum absolute atomic E-state index is 12.4. The van der Waals surface area contributed by atoms with Gasteiger partial charge in [0.1, 0.15) is 4.90 Å². The molecule has 0 bridgehead atoms. The molecule has 5 nitrogen and oxygen atoms in total. The molecule has 0 fully saturated rings. The molecule has 0 amide bonds. The van der Waals surface area contributed by atoms with Gasteiger partial charge in [-0.2, -0.15) is 0 Å². The average Bonchev–Trinajstić information content (AvgIpc) is 2.81. The molecule has 0 saturated heterocycles. The van der Waals surface area contributed by atoms with Crippen molar-refractivity contribution < 1.29 is 8.42 Å². The molecule has 108 valence electrons. The molecule has 0 saturated carbocycles. The largest absolute Gasteiger partial charge is 0.326 e. The van der Waals surface area contributed by atoms with Crippen molar-refractivity contribution in [2.45, 2.75) is 24.4 Å². The summed E-state index contributed by atoms with van der Waals surface area (Å²) in [6.07, 6.45) is 3.29. The highest BCUT2D eigenvalue weighted by Crippen LogP contribution is 2.32. The van der Waals surface area contributed by atoms with E-state index in [2.05, 4.69) is 25.6 Å². The van der Waals surface area contributed by atoms with Crippen LogP contribution in [0.25, 0.3) is 0 Å². The van der Waals surface area contributed by atoms with Crippen LogP contribution in [0.15, 0.2) is 39.3 Å². The maximum Gasteiger partial charge on any atom is 0.243 e. The van der Waals surface area contributed by atoms with Crippen molar-refractivity contribution in [3.05, 3.63) is 44.8 Å². The van der Waals surface area contributed by atoms with Gasteiger partial charge in [0.25, 0.3) is 0 Å². The van der Waals surface area contributed by atoms with Gasteiger partial charge < -0.3 is 5.73 Å². The number of sulfonamides is 1. The first-order valence-corrected chi connectivity index (χ1v) is 8.94. The Morgan fingerprint density at radius 3 is 2.85 bits per heavy atom. The molecule has 0 aliphatic carbocycles. The molecule has 0 radical (unpaired) electrons. The third-order valence-corrected chi connectivity index (χ3v) is 6.53. The Labute approximate surface area is 130 Å². The second-order valence-electron chi connectivity index (χ2n) is 4.18. The molecule has 0 aliphatic heterocycles. The summed E-state index contributed by atoms with van der Waals surface area (Å²) in [5, 5.41) is 0. The number of thiophene rings is 1. The van der Waals surface area contributed by atoms with Gasteiger partial charge in [0.05, 0.1) is 3.79 Å². The molecule has 3 N–H and O–H groups in total. The monoisotopic (exact) mass is 375 g/mol. The molecule has 8 heteroatoms. The van der Waals surface area contributed by atoms with Crippen LogP contribution in [0.3, 0.4) is 0 Å². The zero-order valence-electron chi connectivity index (χ0n) is 10.7. The number of nitrogens with two attached hydrogens (primary N) is 1. The predicted molar refractivity (Wildman–Crippen MR) is 82.9 cm³/mol. The highest BCUT2D eigenvalue weighted by Gasteiger charge is 2.23. The Bertz CT molecular complexity index is 686. The number of hydrogen-bond donors (Lipinski definition) is 2. The Morgan fingerprint density at radius 2 is 2.30 bits per heavy atom. The van der Waals surface area contributed by atoms with E-state index in [1.165, 1.54) is 11.3 Å². The van der Waals surface area contributed by atoms with Crippen molar-refractivity contribution >= 4 is 37.3 Å². The van der Waals surface area contributed by atoms with Crippen molar-refractivity contribution in [1.29, 1.82) is 0 Å². The lowest BCUT2D eigenvalue weighted by Crippen LogP contribution is -2.26. The van der Waals surface area contributed by atoms with Gasteiger partial charge in [0.15, 0.2) is 0 Å². The van der Waals surface area contributed by atoms with Crippen molar-refractivity contribution in [3.8, 4) is 0 Å². The van der Waals surface area contributed by atoms with E-state index in [1.807, 2.05) is 6.07 Å². The van der Waals surface area contributed by atoms with Crippen molar-refractivity contribution in [2.24, 2.45) is 5.73 Å². The third kappa shape index (κ3) is 3.44. The molecule has 2 aromatic heterocycles. The summed E-state index contributed by atoms with van der Waals surface area (Å²) in [4.78, 5) is 5.02. The number of hydrogen-bond acceptors (Lipinski definition) is 5. The molecule has 20 heavy (non-hydrogen) atoms. The zero-order valence-corrected chi connectivity index (χ0v) is 13.9. The minimum Gasteiger partial charge on any atom is -0.326 e. The second kappa shape index (κ2) is 6.31. The molecule has 0 spiro atoms. The van der Waals surface area contributed by atoms with E-state index < -0.39 is 10.0 Å². The number of nitrogens with zero attached hydrogens (tertiary/aromatic N) is 1. The highest BCUT2D eigenvalue weighted by molar-refractivity contribution is 9.11. The maximum atomic E-state index is 12.4. The van der Waals surface area contributed by atoms with Crippen LogP contribution < -0.4 is 10.5 Å². The lowest BCUT2D eigenvalue weighted by Gasteiger charge is -2.13. The summed E-state index contributed by atoms with van der Waals surface area (Å²) in [5.74, 6) is 0. The molecule has 2 rings (SSSR count). The molecule has 0 aromatic carbocycles. The fraction of sp³-hybridized carbons (Fsp3) is 0.250. The normalized spacial score (nSPS) is 13.3. The van der Waals surface area contributed by atoms with Gasteiger partial charge in [0, 0.05) is 29.9 Å². The van der Waals surface area contributed by atoms with E-state index in [9.17, 15) is 8.42 Å². The average molecular weight is 376 g/mol. The fourth-order valence-electron chi connectivity index (χ4n) is 1.68. The summed E-state index contributed by atoms with van der Waals surface area (Å²) >= 11 is 4.60. The van der Waals surface area contributed by atoms with E-state index in [1.54, 1.807) is 31.5 Å². The lowest BCUT2D eigenvalue weighted by atomic mass is 10.2. The van der Waals surface area contributed by atoms with Crippen LogP contribution >= 0.6 is 27.3 Å². The standard InChI is InChI=1S/C12H14BrN3O2S2/c1-8(9-3-2-4-15-7-9)16-20(17,18)11-5-10(6-14)19-12(11)13/h2-5,7-8,16H,6,14H2,1H3. The quantitative estimate of drug-likeness (QED) is 0.839. The van der Waals surface area contributed by atoms with Crippen LogP contribution in [0.5, 0.6) is 0 Å². The summed E-state index contributed by atoms with van der Waals surface area (Å²) in [6, 6.07) is 4.83. The van der Waals surface area contributed by atoms with E-state index >= 15 is 0 Å². The summed E-state index contributed by atoms with van der Waals surface area (Å²) in [5.41, 5.74) is 6.34. The number of pyridine rings is 1. The smallest absolute Gasteiger partial charge is 0.243 e. The molecule has 2 aromatic rings. The van der Waals surface area contributed by atoms with E-state index in [0.29, 0.717) is 10.3 Å². The first-order valence-electron chi connectivity index (χ1n) is 5.84. The van der Waals surface area contributed by atoms with Gasteiger partial charge in [-0.1, -0.05) is 6.07 Å². The highest BCUT2D eigenvalue weighted by atomic mass is 79.9. The zero-order chi connectivity index (χ0) is 14.8. The molecule has 2 heterocycles. The minimum absolute atomic E-state index is 0.221. The van der Waals surface area contributed by atoms with Crippen LogP contribution in [0.2, 0.25) is 0 Å². The molecular weight excluding hydrogens is 362 g/mol. The second-order valence-corrected chi connectivity index (χ2v) is 8.32. The van der Waals surface area contributed by atoms with E-state index in [-0.39, 0.29) is 10.9 Å². The molecule has 1 unspecified atom stereocenters. The first kappa shape index (κ1) is 15.6. The van der Waals surface area contributed by atoms with Crippen molar-refractivity contribution in [1.82, 2.24) is 9.71 Å². The number of rotatable bonds is 5. The van der Waals surface area contributed by atoms with E-state index in [0.717, 1.165) is 10.4 Å². The number of nitrogens with one attached hydrogen (secondary N) is 1. The van der Waals surface area contributed by atoms with Gasteiger partial charge in [-0.3, -0.25) is 4.98 Å².